The second kappa shape index (κ2) is 8.73. The molecule has 4 heterocycles. The average Bonchev–Trinajstić information content (AvgIpc) is 3.57. The maximum Gasteiger partial charge on any atom is 0.255 e. The number of carbonyl (C=O) groups excluding carboxylic acids is 3. The second-order valence-electron chi connectivity index (χ2n) is 10.8. The summed E-state index contributed by atoms with van der Waals surface area (Å²) in [4.78, 5) is 44.4. The molecule has 3 aromatic rings. The van der Waals surface area contributed by atoms with Crippen molar-refractivity contribution in [2.75, 3.05) is 13.1 Å². The van der Waals surface area contributed by atoms with Gasteiger partial charge in [-0.05, 0) is 61.1 Å². The largest absolute Gasteiger partial charge is 0.489 e. The van der Waals surface area contributed by atoms with E-state index >= 15 is 0 Å². The molecule has 1 aromatic heterocycles. The quantitative estimate of drug-likeness (QED) is 0.527. The molecule has 1 aliphatic carbocycles. The fourth-order valence-electron chi connectivity index (χ4n) is 6.67. The first-order valence-electron chi connectivity index (χ1n) is 13.3. The van der Waals surface area contributed by atoms with Gasteiger partial charge in [-0.25, -0.2) is 0 Å². The summed E-state index contributed by atoms with van der Waals surface area (Å²) in [5, 5.41) is 3.68. The predicted octanol–water partition coefficient (Wildman–Crippen LogP) is 3.33. The minimum absolute atomic E-state index is 0.130. The van der Waals surface area contributed by atoms with Gasteiger partial charge in [-0.2, -0.15) is 0 Å². The van der Waals surface area contributed by atoms with Gasteiger partial charge in [0.25, 0.3) is 5.91 Å². The smallest absolute Gasteiger partial charge is 0.255 e. The first-order valence-corrected chi connectivity index (χ1v) is 13.3. The summed E-state index contributed by atoms with van der Waals surface area (Å²) >= 11 is 0. The van der Waals surface area contributed by atoms with Crippen LogP contribution in [-0.2, 0) is 16.1 Å². The summed E-state index contributed by atoms with van der Waals surface area (Å²) in [6.07, 6.45) is 6.23. The highest BCUT2D eigenvalue weighted by Crippen LogP contribution is 2.39. The zero-order valence-corrected chi connectivity index (χ0v) is 20.6. The summed E-state index contributed by atoms with van der Waals surface area (Å²) in [5.41, 5.74) is 4.10. The number of aromatic amines is 1. The van der Waals surface area contributed by atoms with Crippen molar-refractivity contribution in [1.29, 1.82) is 0 Å². The van der Waals surface area contributed by atoms with Gasteiger partial charge in [-0.3, -0.25) is 24.6 Å². The zero-order valence-electron chi connectivity index (χ0n) is 20.6. The number of imide groups is 1. The molecule has 7 rings (SSSR count). The van der Waals surface area contributed by atoms with Gasteiger partial charge >= 0.3 is 0 Å². The summed E-state index contributed by atoms with van der Waals surface area (Å²) < 4.78 is 6.52. The Morgan fingerprint density at radius 3 is 2.70 bits per heavy atom. The van der Waals surface area contributed by atoms with Crippen molar-refractivity contribution in [2.45, 2.75) is 62.8 Å². The molecule has 8 heteroatoms. The van der Waals surface area contributed by atoms with Crippen molar-refractivity contribution in [2.24, 2.45) is 0 Å². The number of benzene rings is 2. The van der Waals surface area contributed by atoms with Crippen LogP contribution in [0.1, 0.15) is 59.5 Å². The Hall–Kier alpha value is -3.65. The molecule has 3 amide bonds. The first kappa shape index (κ1) is 22.5. The maximum absolute atomic E-state index is 13.0. The molecule has 2 saturated heterocycles. The average molecular weight is 499 g/mol. The Morgan fingerprint density at radius 2 is 1.84 bits per heavy atom. The van der Waals surface area contributed by atoms with Crippen molar-refractivity contribution in [3.63, 3.8) is 0 Å². The molecule has 3 aliphatic heterocycles. The fraction of sp³-hybridized carbons (Fsp3) is 0.414. The number of likely N-dealkylation sites (tertiary alicyclic amines) is 1. The molecule has 37 heavy (non-hydrogen) atoms. The number of aromatic nitrogens is 1. The third-order valence-corrected chi connectivity index (χ3v) is 8.64. The second-order valence-corrected chi connectivity index (χ2v) is 10.8. The molecule has 0 bridgehead atoms. The Balaban J connectivity index is 1.01. The number of hydrogen-bond acceptors (Lipinski definition) is 5. The topological polar surface area (TPSA) is 94.7 Å². The number of rotatable bonds is 5. The summed E-state index contributed by atoms with van der Waals surface area (Å²) in [7, 11) is 0. The number of para-hydroxylation sites is 1. The lowest BCUT2D eigenvalue weighted by Crippen LogP contribution is -2.54. The van der Waals surface area contributed by atoms with Crippen LogP contribution in [0.5, 0.6) is 5.75 Å². The van der Waals surface area contributed by atoms with Gasteiger partial charge in [-0.15, -0.1) is 0 Å². The normalized spacial score (nSPS) is 26.4. The van der Waals surface area contributed by atoms with Gasteiger partial charge in [0.2, 0.25) is 11.8 Å². The van der Waals surface area contributed by atoms with E-state index in [1.54, 1.807) is 4.90 Å². The van der Waals surface area contributed by atoms with Crippen LogP contribution in [0, 0.1) is 0 Å². The Morgan fingerprint density at radius 1 is 0.973 bits per heavy atom. The molecule has 8 nitrogen and oxygen atoms in total. The lowest BCUT2D eigenvalue weighted by Gasteiger charge is -2.45. The van der Waals surface area contributed by atoms with Crippen LogP contribution in [0.2, 0.25) is 0 Å². The summed E-state index contributed by atoms with van der Waals surface area (Å²) in [6, 6.07) is 14.0. The monoisotopic (exact) mass is 498 g/mol. The zero-order chi connectivity index (χ0) is 25.1. The third kappa shape index (κ3) is 3.82. The van der Waals surface area contributed by atoms with E-state index in [2.05, 4.69) is 45.7 Å². The summed E-state index contributed by atoms with van der Waals surface area (Å²) in [6.45, 7) is 2.46. The molecule has 190 valence electrons. The van der Waals surface area contributed by atoms with Crippen molar-refractivity contribution in [1.82, 2.24) is 20.1 Å². The molecule has 2 N–H and O–H groups in total. The first-order chi connectivity index (χ1) is 18.0. The number of H-pyrrole nitrogens is 1. The van der Waals surface area contributed by atoms with Gasteiger partial charge in [0.1, 0.15) is 17.9 Å². The van der Waals surface area contributed by atoms with E-state index < -0.39 is 6.04 Å². The van der Waals surface area contributed by atoms with Gasteiger partial charge in [0.05, 0.1) is 0 Å². The van der Waals surface area contributed by atoms with Crippen LogP contribution in [0.15, 0.2) is 48.7 Å². The number of nitrogens with zero attached hydrogens (tertiary/aromatic N) is 2. The van der Waals surface area contributed by atoms with Crippen molar-refractivity contribution < 1.29 is 19.1 Å². The molecular weight excluding hydrogens is 468 g/mol. The number of piperidine rings is 1. The molecular formula is C29H30N4O4. The lowest BCUT2D eigenvalue weighted by molar-refractivity contribution is -0.136. The minimum Gasteiger partial charge on any atom is -0.489 e. The van der Waals surface area contributed by atoms with Crippen LogP contribution in [0.3, 0.4) is 0 Å². The van der Waals surface area contributed by atoms with Crippen LogP contribution in [0.4, 0.5) is 0 Å². The van der Waals surface area contributed by atoms with E-state index in [1.807, 2.05) is 18.2 Å². The number of carbonyl (C=O) groups is 3. The number of ether oxygens (including phenoxy) is 1. The van der Waals surface area contributed by atoms with Crippen LogP contribution < -0.4 is 10.1 Å². The molecule has 3 atom stereocenters. The van der Waals surface area contributed by atoms with Crippen molar-refractivity contribution >= 4 is 28.6 Å². The number of hydrogen-bond donors (Lipinski definition) is 2. The SMILES string of the molecule is O=C1CCC(N2Cc3cc(OC4CCCC4N4CC(c5c[nH]c6ccccc56)C4)ccc3C2=O)C(=O)N1. The van der Waals surface area contributed by atoms with E-state index in [4.69, 9.17) is 4.74 Å². The van der Waals surface area contributed by atoms with Crippen LogP contribution >= 0.6 is 0 Å². The van der Waals surface area contributed by atoms with Gasteiger partial charge in [-0.1, -0.05) is 18.2 Å². The Labute approximate surface area is 214 Å². The Bertz CT molecular complexity index is 1410. The minimum atomic E-state index is -0.599. The van der Waals surface area contributed by atoms with E-state index in [0.29, 0.717) is 30.5 Å². The highest BCUT2D eigenvalue weighted by molar-refractivity contribution is 6.05. The fourth-order valence-corrected chi connectivity index (χ4v) is 6.67. The standard InChI is InChI=1S/C29H30N4O4/c34-27-11-10-25(28(35)31-27)33-16-17-12-19(8-9-20(17)29(33)36)37-26-7-3-6-24(26)32-14-18(15-32)22-13-30-23-5-2-1-4-21(22)23/h1-2,4-5,8-9,12-13,18,24-26,30H,3,6-7,10-11,14-16H2,(H,31,34,35). The van der Waals surface area contributed by atoms with Crippen LogP contribution in [-0.4, -0.2) is 63.8 Å². The molecule has 3 unspecified atom stereocenters. The molecule has 4 aliphatic rings. The lowest BCUT2D eigenvalue weighted by atomic mass is 9.89. The molecule has 2 aromatic carbocycles. The van der Waals surface area contributed by atoms with Crippen molar-refractivity contribution in [3.05, 3.63) is 65.4 Å². The van der Waals surface area contributed by atoms with Gasteiger partial charge in [0.15, 0.2) is 0 Å². The molecule has 0 radical (unpaired) electrons. The maximum atomic E-state index is 13.0. The third-order valence-electron chi connectivity index (χ3n) is 8.64. The van der Waals surface area contributed by atoms with Gasteiger partial charge < -0.3 is 14.6 Å². The number of amides is 3. The van der Waals surface area contributed by atoms with E-state index in [0.717, 1.165) is 43.7 Å². The number of nitrogens with one attached hydrogen (secondary N) is 2. The summed E-state index contributed by atoms with van der Waals surface area (Å²) in [5.74, 6) is 0.507. The molecule has 3 fully saturated rings. The highest BCUT2D eigenvalue weighted by atomic mass is 16.5. The highest BCUT2D eigenvalue weighted by Gasteiger charge is 2.42. The van der Waals surface area contributed by atoms with E-state index in [9.17, 15) is 14.4 Å². The molecule has 1 saturated carbocycles. The Kier molecular flexibility index (Phi) is 5.32. The molecule has 0 spiro atoms. The van der Waals surface area contributed by atoms with Crippen molar-refractivity contribution in [3.8, 4) is 5.75 Å². The van der Waals surface area contributed by atoms with E-state index in [1.165, 1.54) is 16.5 Å². The van der Waals surface area contributed by atoms with E-state index in [-0.39, 0.29) is 30.2 Å². The number of fused-ring (bicyclic) bond motifs is 2. The van der Waals surface area contributed by atoms with Gasteiger partial charge in [0, 0.05) is 60.7 Å². The predicted molar refractivity (Wildman–Crippen MR) is 137 cm³/mol. The van der Waals surface area contributed by atoms with Crippen LogP contribution in [0.25, 0.3) is 10.9 Å².